The van der Waals surface area contributed by atoms with Crippen LogP contribution in [0.1, 0.15) is 54.9 Å². The number of nitrogens with zero attached hydrogens (tertiary/aromatic N) is 1. The van der Waals surface area contributed by atoms with Crippen LogP contribution in [0.5, 0.6) is 11.5 Å². The van der Waals surface area contributed by atoms with Crippen molar-refractivity contribution < 1.29 is 13.7 Å². The molecule has 2 unspecified atom stereocenters. The molecule has 4 aromatic rings. The number of hydrogen-bond donors (Lipinski definition) is 2. The first-order valence-corrected chi connectivity index (χ1v) is 15.4. The molecule has 0 aliphatic heterocycles. The summed E-state index contributed by atoms with van der Waals surface area (Å²) >= 11 is 0. The smallest absolute Gasteiger partial charge is 0.127 e. The standard InChI is InChI=1S/C26H29NO2.C9H14N2OS/c1-18(2)25-15-21(16-26(19(3)17-27)24(25)13-14-28)20-9-11-23(12-10-20)29-22-7-5-4-6-8-22;1-11(2)7-8-3-5-9(6-4-8)13(10)12/h4-12,14-16,18-19H,13,17,27H2,1-3H3;3-6H,7,10H2,1-2H3. The zero-order chi connectivity index (χ0) is 30.6. The maximum atomic E-state index is 11.3. The maximum absolute atomic E-state index is 11.3. The van der Waals surface area contributed by atoms with Crippen LogP contribution in [0, 0.1) is 0 Å². The Hall–Kier alpha value is -3.62. The lowest BCUT2D eigenvalue weighted by Crippen LogP contribution is -2.13. The van der Waals surface area contributed by atoms with Crippen molar-refractivity contribution >= 4 is 17.3 Å². The van der Waals surface area contributed by atoms with E-state index in [9.17, 15) is 9.00 Å². The Balaban J connectivity index is 0.000000312. The van der Waals surface area contributed by atoms with Gasteiger partial charge in [0.1, 0.15) is 28.8 Å². The average Bonchev–Trinajstić information content (AvgIpc) is 2.98. The summed E-state index contributed by atoms with van der Waals surface area (Å²) in [4.78, 5) is 14.1. The molecule has 4 aromatic carbocycles. The van der Waals surface area contributed by atoms with Crippen molar-refractivity contribution in [3.05, 3.63) is 113 Å². The first-order chi connectivity index (χ1) is 20.1. The van der Waals surface area contributed by atoms with E-state index in [-0.39, 0.29) is 5.92 Å². The molecule has 42 heavy (non-hydrogen) atoms. The second kappa shape index (κ2) is 16.1. The zero-order valence-corrected chi connectivity index (χ0v) is 26.1. The van der Waals surface area contributed by atoms with E-state index >= 15 is 0 Å². The van der Waals surface area contributed by atoms with Crippen LogP contribution in [-0.4, -0.2) is 36.0 Å². The van der Waals surface area contributed by atoms with Gasteiger partial charge in [0.2, 0.25) is 0 Å². The van der Waals surface area contributed by atoms with Crippen LogP contribution in [0.15, 0.2) is 95.9 Å². The average molecular weight is 586 g/mol. The van der Waals surface area contributed by atoms with Crippen LogP contribution in [0.25, 0.3) is 11.1 Å². The van der Waals surface area contributed by atoms with Gasteiger partial charge in [-0.15, -0.1) is 0 Å². The van der Waals surface area contributed by atoms with Gasteiger partial charge in [-0.2, -0.15) is 0 Å². The van der Waals surface area contributed by atoms with Crippen LogP contribution in [0.2, 0.25) is 0 Å². The van der Waals surface area contributed by atoms with Gasteiger partial charge in [-0.25, -0.2) is 9.35 Å². The van der Waals surface area contributed by atoms with Crippen molar-refractivity contribution in [2.75, 3.05) is 20.6 Å². The molecule has 4 rings (SSSR count). The summed E-state index contributed by atoms with van der Waals surface area (Å²) in [5.74, 6) is 2.15. The van der Waals surface area contributed by atoms with Crippen LogP contribution in [-0.2, 0) is 28.7 Å². The van der Waals surface area contributed by atoms with Crippen molar-refractivity contribution in [3.63, 3.8) is 0 Å². The van der Waals surface area contributed by atoms with Gasteiger partial charge in [0.05, 0.1) is 4.90 Å². The van der Waals surface area contributed by atoms with Crippen LogP contribution in [0.3, 0.4) is 0 Å². The lowest BCUT2D eigenvalue weighted by atomic mass is 9.83. The third kappa shape index (κ3) is 9.46. The van der Waals surface area contributed by atoms with Gasteiger partial charge in [0, 0.05) is 13.0 Å². The Kier molecular flexibility index (Phi) is 12.6. The minimum atomic E-state index is -1.36. The van der Waals surface area contributed by atoms with Gasteiger partial charge in [0.15, 0.2) is 0 Å². The van der Waals surface area contributed by atoms with Gasteiger partial charge in [-0.3, -0.25) is 0 Å². The number of hydrogen-bond acceptors (Lipinski definition) is 5. The number of benzene rings is 4. The Labute approximate surface area is 253 Å². The highest BCUT2D eigenvalue weighted by molar-refractivity contribution is 7.82. The van der Waals surface area contributed by atoms with Gasteiger partial charge in [0.25, 0.3) is 0 Å². The largest absolute Gasteiger partial charge is 0.457 e. The van der Waals surface area contributed by atoms with Crippen LogP contribution >= 0.6 is 0 Å². The van der Waals surface area contributed by atoms with Gasteiger partial charge < -0.3 is 20.2 Å². The van der Waals surface area contributed by atoms with E-state index in [2.05, 4.69) is 49.9 Å². The Morgan fingerprint density at radius 2 is 1.43 bits per heavy atom. The van der Waals surface area contributed by atoms with Crippen molar-refractivity contribution in [2.24, 2.45) is 10.9 Å². The molecule has 0 amide bonds. The summed E-state index contributed by atoms with van der Waals surface area (Å²) in [5.41, 5.74) is 12.9. The highest BCUT2D eigenvalue weighted by atomic mass is 32.2. The Morgan fingerprint density at radius 3 is 1.95 bits per heavy atom. The van der Waals surface area contributed by atoms with E-state index in [1.165, 1.54) is 16.7 Å². The molecular weight excluding hydrogens is 542 g/mol. The van der Waals surface area contributed by atoms with Gasteiger partial charge in [-0.1, -0.05) is 75.4 Å². The first kappa shape index (κ1) is 32.9. The second-order valence-corrected chi connectivity index (χ2v) is 12.0. The number of nitrogens with two attached hydrogens (primary N) is 2. The molecule has 0 fully saturated rings. The molecule has 0 spiro atoms. The predicted molar refractivity (Wildman–Crippen MR) is 174 cm³/mol. The second-order valence-electron chi connectivity index (χ2n) is 10.9. The van der Waals surface area contributed by atoms with Gasteiger partial charge >= 0.3 is 0 Å². The van der Waals surface area contributed by atoms with E-state index in [0.29, 0.717) is 23.8 Å². The molecule has 0 heterocycles. The summed E-state index contributed by atoms with van der Waals surface area (Å²) in [7, 11) is 2.65. The fourth-order valence-corrected chi connectivity index (χ4v) is 5.12. The summed E-state index contributed by atoms with van der Waals surface area (Å²) < 4.78 is 16.8. The molecule has 2 atom stereocenters. The number of para-hydroxylation sites is 1. The van der Waals surface area contributed by atoms with Crippen molar-refractivity contribution in [1.29, 1.82) is 0 Å². The van der Waals surface area contributed by atoms with E-state index in [0.717, 1.165) is 41.0 Å². The molecule has 0 aliphatic carbocycles. The fraction of sp³-hybridized carbons (Fsp3) is 0.286. The number of rotatable bonds is 11. The molecule has 0 radical (unpaired) electrons. The SMILES string of the molecule is CC(C)c1cc(-c2ccc(Oc3ccccc3)cc2)cc(C(C)CN)c1CC=O.CN(C)Cc1ccc(S(N)=O)cc1. The lowest BCUT2D eigenvalue weighted by molar-refractivity contribution is -0.107. The van der Waals surface area contributed by atoms with Crippen LogP contribution < -0.4 is 15.6 Å². The van der Waals surface area contributed by atoms with E-state index in [1.54, 1.807) is 12.1 Å². The maximum Gasteiger partial charge on any atom is 0.127 e. The lowest BCUT2D eigenvalue weighted by Gasteiger charge is -2.22. The minimum Gasteiger partial charge on any atom is -0.457 e. The minimum absolute atomic E-state index is 0.197. The van der Waals surface area contributed by atoms with Gasteiger partial charge in [-0.05, 0) is 102 Å². The number of carbonyl (C=O) groups excluding carboxylic acids is 1. The third-order valence-corrected chi connectivity index (χ3v) is 7.67. The summed E-state index contributed by atoms with van der Waals surface area (Å²) in [5, 5.41) is 5.23. The van der Waals surface area contributed by atoms with E-state index in [4.69, 9.17) is 15.6 Å². The van der Waals surface area contributed by atoms with Crippen molar-refractivity contribution in [1.82, 2.24) is 4.90 Å². The van der Waals surface area contributed by atoms with Crippen LogP contribution in [0.4, 0.5) is 0 Å². The first-order valence-electron chi connectivity index (χ1n) is 14.2. The highest BCUT2D eigenvalue weighted by Gasteiger charge is 2.17. The molecule has 0 bridgehead atoms. The normalized spacial score (nSPS) is 12.4. The number of carbonyl (C=O) groups is 1. The molecule has 0 aromatic heterocycles. The molecule has 7 heteroatoms. The molecule has 0 saturated heterocycles. The number of ether oxygens (including phenoxy) is 1. The molecule has 222 valence electrons. The summed E-state index contributed by atoms with van der Waals surface area (Å²) in [6, 6.07) is 29.8. The molecule has 0 saturated carbocycles. The van der Waals surface area contributed by atoms with Crippen molar-refractivity contribution in [2.45, 2.75) is 50.5 Å². The molecule has 0 aliphatic rings. The van der Waals surface area contributed by atoms with E-state index in [1.807, 2.05) is 68.7 Å². The fourth-order valence-electron chi connectivity index (χ4n) is 4.72. The quantitative estimate of drug-likeness (QED) is 0.189. The topological polar surface area (TPSA) is 98.7 Å². The predicted octanol–water partition coefficient (Wildman–Crippen LogP) is 6.80. The summed E-state index contributed by atoms with van der Waals surface area (Å²) in [6.45, 7) is 7.89. The Morgan fingerprint density at radius 1 is 0.833 bits per heavy atom. The molecule has 6 nitrogen and oxygen atoms in total. The molecule has 4 N–H and O–H groups in total. The summed E-state index contributed by atoms with van der Waals surface area (Å²) in [6.07, 6.45) is 1.42. The zero-order valence-electron chi connectivity index (χ0n) is 25.2. The highest BCUT2D eigenvalue weighted by Crippen LogP contribution is 2.34. The molecular formula is C35H43N3O3S. The van der Waals surface area contributed by atoms with E-state index < -0.39 is 11.0 Å². The third-order valence-electron chi connectivity index (χ3n) is 6.93. The monoisotopic (exact) mass is 585 g/mol. The Bertz CT molecular complexity index is 1440. The van der Waals surface area contributed by atoms with Crippen molar-refractivity contribution in [3.8, 4) is 22.6 Å². The number of aldehydes is 1.